The number of amides is 1. The Morgan fingerprint density at radius 2 is 1.84 bits per heavy atom. The lowest BCUT2D eigenvalue weighted by Gasteiger charge is -2.25. The number of aromatic hydroxyl groups is 1. The van der Waals surface area contributed by atoms with Gasteiger partial charge in [-0.25, -0.2) is 0 Å². The van der Waals surface area contributed by atoms with Gasteiger partial charge in [0.05, 0.1) is 31.9 Å². The lowest BCUT2D eigenvalue weighted by molar-refractivity contribution is -0.140. The monoisotopic (exact) mass is 441 g/mol. The molecule has 2 aromatic carbocycles. The van der Waals surface area contributed by atoms with E-state index in [1.165, 1.54) is 18.1 Å². The number of ketones is 1. The summed E-state index contributed by atoms with van der Waals surface area (Å²) >= 11 is 0. The van der Waals surface area contributed by atoms with E-state index < -0.39 is 17.7 Å². The number of hydrogen-bond acceptors (Lipinski definition) is 7. The van der Waals surface area contributed by atoms with Crippen molar-refractivity contribution in [1.29, 1.82) is 0 Å². The van der Waals surface area contributed by atoms with Crippen LogP contribution in [0.15, 0.2) is 42.0 Å². The van der Waals surface area contributed by atoms with Gasteiger partial charge in [-0.2, -0.15) is 0 Å². The van der Waals surface area contributed by atoms with Gasteiger partial charge in [-0.3, -0.25) is 9.59 Å². The Kier molecular flexibility index (Phi) is 7.05. The molecule has 0 aliphatic carbocycles. The Hall–Kier alpha value is -3.52. The van der Waals surface area contributed by atoms with Crippen LogP contribution in [0.2, 0.25) is 0 Å². The number of hydrogen-bond donors (Lipinski definition) is 2. The maximum absolute atomic E-state index is 13.0. The molecule has 2 aromatic rings. The third-order valence-corrected chi connectivity index (χ3v) is 5.34. The Balaban J connectivity index is 2.19. The van der Waals surface area contributed by atoms with E-state index in [-0.39, 0.29) is 36.0 Å². The minimum atomic E-state index is -0.868. The molecule has 1 amide bonds. The largest absolute Gasteiger partial charge is 0.507 e. The molecule has 2 N–H and O–H groups in total. The number of Topliss-reactive ketones (excluding diaryl/α,β-unsaturated/α-hetero) is 1. The first kappa shape index (κ1) is 23.1. The fourth-order valence-corrected chi connectivity index (χ4v) is 3.80. The molecule has 170 valence electrons. The summed E-state index contributed by atoms with van der Waals surface area (Å²) < 4.78 is 15.8. The van der Waals surface area contributed by atoms with Crippen molar-refractivity contribution in [3.8, 4) is 17.2 Å². The molecule has 8 nitrogen and oxygen atoms in total. The highest BCUT2D eigenvalue weighted by Gasteiger charge is 2.46. The molecule has 3 rings (SSSR count). The number of likely N-dealkylation sites (tertiary alicyclic amines) is 1. The second kappa shape index (κ2) is 9.74. The Bertz CT molecular complexity index is 1060. The molecule has 0 bridgehead atoms. The predicted molar refractivity (Wildman–Crippen MR) is 118 cm³/mol. The average Bonchev–Trinajstić information content (AvgIpc) is 3.03. The Labute approximate surface area is 186 Å². The van der Waals surface area contributed by atoms with Crippen molar-refractivity contribution in [2.75, 3.05) is 34.0 Å². The molecular weight excluding hydrogens is 414 g/mol. The van der Waals surface area contributed by atoms with Crippen LogP contribution >= 0.6 is 0 Å². The lowest BCUT2D eigenvalue weighted by Crippen LogP contribution is -2.32. The van der Waals surface area contributed by atoms with Crippen LogP contribution in [0.25, 0.3) is 5.76 Å². The fraction of sp³-hybridized carbons (Fsp3) is 0.333. The van der Waals surface area contributed by atoms with Gasteiger partial charge in [0.25, 0.3) is 11.7 Å². The van der Waals surface area contributed by atoms with Crippen LogP contribution < -0.4 is 9.47 Å². The first-order chi connectivity index (χ1) is 15.3. The van der Waals surface area contributed by atoms with Crippen LogP contribution in [0.1, 0.15) is 29.7 Å². The normalized spacial score (nSPS) is 17.6. The molecule has 0 saturated carbocycles. The molecule has 1 atom stereocenters. The zero-order valence-electron chi connectivity index (χ0n) is 18.5. The van der Waals surface area contributed by atoms with Gasteiger partial charge in [-0.05, 0) is 55.3 Å². The minimum absolute atomic E-state index is 0.0381. The molecule has 0 spiro atoms. The summed E-state index contributed by atoms with van der Waals surface area (Å²) in [4.78, 5) is 27.2. The number of nitrogens with zero attached hydrogens (tertiary/aromatic N) is 1. The summed E-state index contributed by atoms with van der Waals surface area (Å²) in [5.74, 6) is -1.01. The molecule has 1 aliphatic heterocycles. The summed E-state index contributed by atoms with van der Waals surface area (Å²) in [5, 5.41) is 21.2. The van der Waals surface area contributed by atoms with Gasteiger partial charge in [0.15, 0.2) is 11.5 Å². The Morgan fingerprint density at radius 3 is 2.47 bits per heavy atom. The molecule has 1 heterocycles. The van der Waals surface area contributed by atoms with Crippen LogP contribution in [0.4, 0.5) is 0 Å². The number of aliphatic hydroxyl groups is 1. The first-order valence-corrected chi connectivity index (χ1v) is 10.2. The van der Waals surface area contributed by atoms with Crippen molar-refractivity contribution in [2.45, 2.75) is 19.9 Å². The number of aryl methyl sites for hydroxylation is 1. The summed E-state index contributed by atoms with van der Waals surface area (Å²) in [6.45, 7) is 4.28. The number of phenols is 1. The van der Waals surface area contributed by atoms with Crippen LogP contribution in [0.3, 0.4) is 0 Å². The lowest BCUT2D eigenvalue weighted by atomic mass is 9.94. The third kappa shape index (κ3) is 4.27. The quantitative estimate of drug-likeness (QED) is 0.368. The number of phenolic OH excluding ortho intramolecular Hbond substituents is 1. The van der Waals surface area contributed by atoms with E-state index in [1.807, 2.05) is 6.92 Å². The molecular formula is C24H27NO7. The first-order valence-electron chi connectivity index (χ1n) is 10.2. The number of carbonyl (C=O) groups is 2. The van der Waals surface area contributed by atoms with Gasteiger partial charge in [0.2, 0.25) is 0 Å². The van der Waals surface area contributed by atoms with E-state index in [0.29, 0.717) is 23.5 Å². The maximum Gasteiger partial charge on any atom is 0.295 e. The molecule has 1 fully saturated rings. The molecule has 8 heteroatoms. The van der Waals surface area contributed by atoms with E-state index >= 15 is 0 Å². The van der Waals surface area contributed by atoms with Gasteiger partial charge in [0.1, 0.15) is 11.5 Å². The standard InChI is InChI=1S/C24H27NO7/c1-5-32-19-13-15(6-8-17(19)26)21-20(23(28)24(29)25(21)10-11-30-3)22(27)16-7-9-18(31-4)14(2)12-16/h6-9,12-13,21,26-27H,5,10-11H2,1-4H3/b22-20+/t21-/m1/s1. The van der Waals surface area contributed by atoms with Gasteiger partial charge in [-0.1, -0.05) is 6.07 Å². The number of aliphatic hydroxyl groups excluding tert-OH is 1. The minimum Gasteiger partial charge on any atom is -0.507 e. The van der Waals surface area contributed by atoms with Crippen LogP contribution in [-0.2, 0) is 14.3 Å². The smallest absolute Gasteiger partial charge is 0.295 e. The molecule has 0 radical (unpaired) electrons. The highest BCUT2D eigenvalue weighted by molar-refractivity contribution is 6.46. The maximum atomic E-state index is 13.0. The second-order valence-electron chi connectivity index (χ2n) is 7.33. The highest BCUT2D eigenvalue weighted by Crippen LogP contribution is 2.42. The van der Waals surface area contributed by atoms with Crippen molar-refractivity contribution < 1.29 is 34.0 Å². The third-order valence-electron chi connectivity index (χ3n) is 5.34. The van der Waals surface area contributed by atoms with Crippen LogP contribution in [0.5, 0.6) is 17.2 Å². The highest BCUT2D eigenvalue weighted by atomic mass is 16.5. The molecule has 0 unspecified atom stereocenters. The van der Waals surface area contributed by atoms with E-state index in [4.69, 9.17) is 14.2 Å². The topological polar surface area (TPSA) is 106 Å². The van der Waals surface area contributed by atoms with Gasteiger partial charge >= 0.3 is 0 Å². The van der Waals surface area contributed by atoms with E-state index in [2.05, 4.69) is 0 Å². The number of ether oxygens (including phenoxy) is 3. The fourth-order valence-electron chi connectivity index (χ4n) is 3.80. The van der Waals surface area contributed by atoms with E-state index in [9.17, 15) is 19.8 Å². The summed E-state index contributed by atoms with van der Waals surface area (Å²) in [6, 6.07) is 8.75. The SMILES string of the molecule is CCOc1cc([C@@H]2/C(=C(\O)c3ccc(OC)c(C)c3)C(=O)C(=O)N2CCOC)ccc1O. The predicted octanol–water partition coefficient (Wildman–Crippen LogP) is 3.18. The van der Waals surface area contributed by atoms with Gasteiger partial charge in [0, 0.05) is 19.2 Å². The number of benzene rings is 2. The molecule has 0 aromatic heterocycles. The number of carbonyl (C=O) groups excluding carboxylic acids is 2. The summed E-state index contributed by atoms with van der Waals surface area (Å²) in [7, 11) is 3.05. The van der Waals surface area contributed by atoms with E-state index in [1.54, 1.807) is 44.4 Å². The molecule has 32 heavy (non-hydrogen) atoms. The van der Waals surface area contributed by atoms with Gasteiger partial charge < -0.3 is 29.3 Å². The van der Waals surface area contributed by atoms with Crippen molar-refractivity contribution >= 4 is 17.4 Å². The van der Waals surface area contributed by atoms with E-state index in [0.717, 1.165) is 5.56 Å². The zero-order chi connectivity index (χ0) is 23.4. The van der Waals surface area contributed by atoms with Crippen LogP contribution in [-0.4, -0.2) is 60.8 Å². The van der Waals surface area contributed by atoms with Crippen molar-refractivity contribution in [3.63, 3.8) is 0 Å². The van der Waals surface area contributed by atoms with Crippen molar-refractivity contribution in [1.82, 2.24) is 4.90 Å². The number of methoxy groups -OCH3 is 2. The summed E-state index contributed by atoms with van der Waals surface area (Å²) in [5.41, 5.74) is 1.64. The second-order valence-corrected chi connectivity index (χ2v) is 7.33. The van der Waals surface area contributed by atoms with Crippen LogP contribution in [0, 0.1) is 6.92 Å². The zero-order valence-corrected chi connectivity index (χ0v) is 18.5. The average molecular weight is 441 g/mol. The molecule has 1 aliphatic rings. The number of rotatable bonds is 8. The molecule has 1 saturated heterocycles. The Morgan fingerprint density at radius 1 is 1.09 bits per heavy atom. The van der Waals surface area contributed by atoms with Crippen molar-refractivity contribution in [2.24, 2.45) is 0 Å². The summed E-state index contributed by atoms with van der Waals surface area (Å²) in [6.07, 6.45) is 0. The van der Waals surface area contributed by atoms with Gasteiger partial charge in [-0.15, -0.1) is 0 Å². The van der Waals surface area contributed by atoms with Crippen molar-refractivity contribution in [3.05, 3.63) is 58.7 Å².